The number of rotatable bonds is 6. The third-order valence-corrected chi connectivity index (χ3v) is 2.64. The lowest BCUT2D eigenvalue weighted by molar-refractivity contribution is -0.123. The highest BCUT2D eigenvalue weighted by molar-refractivity contribution is 5.95. The van der Waals surface area contributed by atoms with E-state index in [1.165, 1.54) is 6.07 Å². The van der Waals surface area contributed by atoms with E-state index >= 15 is 0 Å². The maximum atomic E-state index is 11.8. The van der Waals surface area contributed by atoms with Crippen molar-refractivity contribution in [2.75, 3.05) is 6.61 Å². The summed E-state index contributed by atoms with van der Waals surface area (Å²) in [5, 5.41) is 15.9. The number of aromatic nitrogens is 4. The molecule has 9 nitrogen and oxygen atoms in total. The quantitative estimate of drug-likeness (QED) is 0.659. The SMILES string of the molecule is CC(NC(=O)COc1ccccc1C(N)=O)c1nn[nH]n1. The van der Waals surface area contributed by atoms with Crippen LogP contribution in [-0.2, 0) is 4.79 Å². The molecule has 1 aromatic carbocycles. The molecule has 110 valence electrons. The molecule has 2 amide bonds. The van der Waals surface area contributed by atoms with Gasteiger partial charge in [-0.2, -0.15) is 5.21 Å². The van der Waals surface area contributed by atoms with Gasteiger partial charge in [0.2, 0.25) is 0 Å². The zero-order chi connectivity index (χ0) is 15.2. The average Bonchev–Trinajstić information content (AvgIpc) is 2.99. The minimum atomic E-state index is -0.619. The zero-order valence-electron chi connectivity index (χ0n) is 11.2. The molecule has 1 aromatic heterocycles. The van der Waals surface area contributed by atoms with Gasteiger partial charge in [0.05, 0.1) is 11.6 Å². The van der Waals surface area contributed by atoms with Crippen LogP contribution in [0.3, 0.4) is 0 Å². The van der Waals surface area contributed by atoms with Gasteiger partial charge in [0.25, 0.3) is 11.8 Å². The fourth-order valence-corrected chi connectivity index (χ4v) is 1.64. The Morgan fingerprint density at radius 3 is 2.86 bits per heavy atom. The summed E-state index contributed by atoms with van der Waals surface area (Å²) >= 11 is 0. The molecule has 9 heteroatoms. The third-order valence-electron chi connectivity index (χ3n) is 2.64. The number of hydrogen-bond acceptors (Lipinski definition) is 6. The highest BCUT2D eigenvalue weighted by Gasteiger charge is 2.15. The number of nitrogens with one attached hydrogen (secondary N) is 2. The van der Waals surface area contributed by atoms with Gasteiger partial charge in [0.1, 0.15) is 5.75 Å². The number of primary amides is 1. The number of aromatic amines is 1. The van der Waals surface area contributed by atoms with Crippen LogP contribution in [0.15, 0.2) is 24.3 Å². The number of hydrogen-bond donors (Lipinski definition) is 3. The Kier molecular flexibility index (Phi) is 4.44. The Bertz CT molecular complexity index is 628. The van der Waals surface area contributed by atoms with Crippen LogP contribution >= 0.6 is 0 Å². The number of para-hydroxylation sites is 1. The second kappa shape index (κ2) is 6.46. The molecule has 4 N–H and O–H groups in total. The highest BCUT2D eigenvalue weighted by atomic mass is 16.5. The smallest absolute Gasteiger partial charge is 0.258 e. The summed E-state index contributed by atoms with van der Waals surface area (Å²) in [4.78, 5) is 23.0. The number of carbonyl (C=O) groups is 2. The van der Waals surface area contributed by atoms with E-state index in [1.807, 2.05) is 0 Å². The average molecular weight is 290 g/mol. The van der Waals surface area contributed by atoms with Crippen LogP contribution in [0.25, 0.3) is 0 Å². The van der Waals surface area contributed by atoms with Crippen molar-refractivity contribution >= 4 is 11.8 Å². The van der Waals surface area contributed by atoms with E-state index in [-0.39, 0.29) is 23.8 Å². The standard InChI is InChI=1S/C12H14N6O3/c1-7(12-15-17-18-16-12)14-10(19)6-21-9-5-3-2-4-8(9)11(13)20/h2-5,7H,6H2,1H3,(H2,13,20)(H,14,19)(H,15,16,17,18). The van der Waals surface area contributed by atoms with Crippen molar-refractivity contribution in [3.63, 3.8) is 0 Å². The van der Waals surface area contributed by atoms with E-state index in [1.54, 1.807) is 25.1 Å². The largest absolute Gasteiger partial charge is 0.483 e. The van der Waals surface area contributed by atoms with Gasteiger partial charge in [0.15, 0.2) is 12.4 Å². The van der Waals surface area contributed by atoms with Gasteiger partial charge >= 0.3 is 0 Å². The van der Waals surface area contributed by atoms with E-state index in [9.17, 15) is 9.59 Å². The van der Waals surface area contributed by atoms with Crippen LogP contribution in [-0.4, -0.2) is 39.0 Å². The molecule has 21 heavy (non-hydrogen) atoms. The van der Waals surface area contributed by atoms with Gasteiger partial charge < -0.3 is 15.8 Å². The topological polar surface area (TPSA) is 136 Å². The molecule has 2 rings (SSSR count). The first-order chi connectivity index (χ1) is 10.1. The van der Waals surface area contributed by atoms with Gasteiger partial charge in [-0.05, 0) is 19.1 Å². The van der Waals surface area contributed by atoms with E-state index in [2.05, 4.69) is 25.9 Å². The normalized spacial score (nSPS) is 11.7. The monoisotopic (exact) mass is 290 g/mol. The number of nitrogens with zero attached hydrogens (tertiary/aromatic N) is 3. The molecule has 1 heterocycles. The first-order valence-corrected chi connectivity index (χ1v) is 6.12. The van der Waals surface area contributed by atoms with Crippen molar-refractivity contribution in [3.8, 4) is 5.75 Å². The molecular weight excluding hydrogens is 276 g/mol. The summed E-state index contributed by atoms with van der Waals surface area (Å²) in [7, 11) is 0. The van der Waals surface area contributed by atoms with Crippen molar-refractivity contribution in [1.29, 1.82) is 0 Å². The number of benzene rings is 1. The minimum absolute atomic E-state index is 0.219. The van der Waals surface area contributed by atoms with Gasteiger partial charge in [-0.25, -0.2) is 0 Å². The maximum absolute atomic E-state index is 11.8. The van der Waals surface area contributed by atoms with Crippen LogP contribution in [0.4, 0.5) is 0 Å². The molecule has 1 unspecified atom stereocenters. The molecule has 0 saturated carbocycles. The van der Waals surface area contributed by atoms with Crippen LogP contribution in [0.5, 0.6) is 5.75 Å². The van der Waals surface area contributed by atoms with Gasteiger partial charge in [-0.15, -0.1) is 10.2 Å². The molecule has 0 spiro atoms. The summed E-state index contributed by atoms with van der Waals surface area (Å²) < 4.78 is 5.30. The van der Waals surface area contributed by atoms with Crippen molar-refractivity contribution in [2.45, 2.75) is 13.0 Å². The lowest BCUT2D eigenvalue weighted by Gasteiger charge is -2.12. The number of H-pyrrole nitrogens is 1. The van der Waals surface area contributed by atoms with E-state index in [0.29, 0.717) is 5.82 Å². The molecule has 2 aromatic rings. The molecule has 0 aliphatic rings. The molecule has 0 radical (unpaired) electrons. The van der Waals surface area contributed by atoms with E-state index in [0.717, 1.165) is 0 Å². The van der Waals surface area contributed by atoms with E-state index in [4.69, 9.17) is 10.5 Å². The predicted octanol–water partition coefficient (Wildman–Crippen LogP) is -0.445. The summed E-state index contributed by atoms with van der Waals surface area (Å²) in [5.41, 5.74) is 5.44. The first-order valence-electron chi connectivity index (χ1n) is 6.12. The summed E-state index contributed by atoms with van der Waals surface area (Å²) in [6.07, 6.45) is 0. The van der Waals surface area contributed by atoms with Gasteiger partial charge in [0, 0.05) is 0 Å². The number of carbonyl (C=O) groups excluding carboxylic acids is 2. The lowest BCUT2D eigenvalue weighted by atomic mass is 10.2. The van der Waals surface area contributed by atoms with Crippen molar-refractivity contribution in [1.82, 2.24) is 25.9 Å². The van der Waals surface area contributed by atoms with Crippen LogP contribution in [0.2, 0.25) is 0 Å². The number of amides is 2. The second-order valence-electron chi connectivity index (χ2n) is 4.21. The molecular formula is C12H14N6O3. The maximum Gasteiger partial charge on any atom is 0.258 e. The van der Waals surface area contributed by atoms with Crippen LogP contribution in [0, 0.1) is 0 Å². The molecule has 0 fully saturated rings. The highest BCUT2D eigenvalue weighted by Crippen LogP contribution is 2.17. The Balaban J connectivity index is 1.91. The zero-order valence-corrected chi connectivity index (χ0v) is 11.2. The summed E-state index contributed by atoms with van der Waals surface area (Å²) in [5.74, 6) is -0.383. The first kappa shape index (κ1) is 14.4. The minimum Gasteiger partial charge on any atom is -0.483 e. The Morgan fingerprint density at radius 2 is 2.19 bits per heavy atom. The summed E-state index contributed by atoms with van der Waals surface area (Å²) in [6, 6.07) is 6.02. The predicted molar refractivity (Wildman–Crippen MR) is 71.2 cm³/mol. The number of ether oxygens (including phenoxy) is 1. The van der Waals surface area contributed by atoms with Crippen molar-refractivity contribution in [3.05, 3.63) is 35.7 Å². The molecule has 0 aliphatic heterocycles. The summed E-state index contributed by atoms with van der Waals surface area (Å²) in [6.45, 7) is 1.45. The Morgan fingerprint density at radius 1 is 1.43 bits per heavy atom. The van der Waals surface area contributed by atoms with Gasteiger partial charge in [-0.3, -0.25) is 9.59 Å². The van der Waals surface area contributed by atoms with Crippen molar-refractivity contribution < 1.29 is 14.3 Å². The number of tetrazole rings is 1. The lowest BCUT2D eigenvalue weighted by Crippen LogP contribution is -2.32. The fourth-order valence-electron chi connectivity index (χ4n) is 1.64. The molecule has 0 bridgehead atoms. The van der Waals surface area contributed by atoms with Crippen LogP contribution in [0.1, 0.15) is 29.1 Å². The Labute approximate surface area is 119 Å². The van der Waals surface area contributed by atoms with Gasteiger partial charge in [-0.1, -0.05) is 17.3 Å². The van der Waals surface area contributed by atoms with Crippen LogP contribution < -0.4 is 15.8 Å². The molecule has 0 saturated heterocycles. The van der Waals surface area contributed by atoms with E-state index < -0.39 is 11.9 Å². The second-order valence-corrected chi connectivity index (χ2v) is 4.21. The fraction of sp³-hybridized carbons (Fsp3) is 0.250. The Hall–Kier alpha value is -2.97. The number of nitrogens with two attached hydrogens (primary N) is 1. The van der Waals surface area contributed by atoms with Crippen molar-refractivity contribution in [2.24, 2.45) is 5.73 Å². The third kappa shape index (κ3) is 3.75. The molecule has 1 atom stereocenters. The molecule has 0 aliphatic carbocycles.